The molecule has 172 valence electrons. The van der Waals surface area contributed by atoms with E-state index in [1.165, 1.54) is 9.87 Å². The van der Waals surface area contributed by atoms with Gasteiger partial charge in [-0.15, -0.1) is 0 Å². The number of sulfonamides is 1. The molecular weight excluding hydrogens is 432 g/mol. The molecule has 1 saturated heterocycles. The van der Waals surface area contributed by atoms with Gasteiger partial charge in [0.15, 0.2) is 0 Å². The molecule has 3 aromatic carbocycles. The van der Waals surface area contributed by atoms with Crippen molar-refractivity contribution in [3.63, 3.8) is 0 Å². The Labute approximate surface area is 196 Å². The maximum Gasteiger partial charge on any atom is 0.243 e. The molecule has 1 fully saturated rings. The largest absolute Gasteiger partial charge is 0.349 e. The summed E-state index contributed by atoms with van der Waals surface area (Å²) in [6.07, 6.45) is 2.73. The number of hydrogen-bond donors (Lipinski definition) is 1. The summed E-state index contributed by atoms with van der Waals surface area (Å²) in [5, 5.41) is 3.25. The van der Waals surface area contributed by atoms with Gasteiger partial charge in [-0.1, -0.05) is 78.9 Å². The molecule has 1 aliphatic rings. The van der Waals surface area contributed by atoms with Gasteiger partial charge < -0.3 is 5.32 Å². The zero-order valence-electron chi connectivity index (χ0n) is 18.6. The van der Waals surface area contributed by atoms with Crippen LogP contribution in [0.15, 0.2) is 95.9 Å². The van der Waals surface area contributed by atoms with Crippen molar-refractivity contribution in [2.75, 3.05) is 13.1 Å². The van der Waals surface area contributed by atoms with Gasteiger partial charge in [0.2, 0.25) is 15.9 Å². The molecule has 0 aromatic heterocycles. The zero-order chi connectivity index (χ0) is 23.1. The van der Waals surface area contributed by atoms with E-state index in [0.717, 1.165) is 18.4 Å². The number of benzene rings is 3. The fourth-order valence-corrected chi connectivity index (χ4v) is 5.84. The van der Waals surface area contributed by atoms with E-state index in [1.54, 1.807) is 30.3 Å². The summed E-state index contributed by atoms with van der Waals surface area (Å²) in [4.78, 5) is 13.4. The summed E-state index contributed by atoms with van der Waals surface area (Å²) in [6.45, 7) is 0.713. The highest BCUT2D eigenvalue weighted by Crippen LogP contribution is 2.26. The minimum absolute atomic E-state index is 0.00803. The first kappa shape index (κ1) is 23.2. The number of piperidine rings is 1. The molecule has 5 nitrogen and oxygen atoms in total. The van der Waals surface area contributed by atoms with Crippen LogP contribution < -0.4 is 5.32 Å². The van der Waals surface area contributed by atoms with Crippen LogP contribution in [0.4, 0.5) is 0 Å². The van der Waals surface area contributed by atoms with E-state index in [4.69, 9.17) is 0 Å². The van der Waals surface area contributed by atoms with E-state index in [2.05, 4.69) is 17.4 Å². The van der Waals surface area contributed by atoms with Crippen LogP contribution in [0.1, 0.15) is 36.4 Å². The summed E-state index contributed by atoms with van der Waals surface area (Å²) < 4.78 is 27.2. The SMILES string of the molecule is O=C(NC(CCc1ccccc1)c1ccccc1)C1CCN(S(=O)(=O)c2ccccc2)CC1. The number of nitrogens with one attached hydrogen (secondary N) is 1. The second kappa shape index (κ2) is 10.8. The van der Waals surface area contributed by atoms with Crippen molar-refractivity contribution in [2.24, 2.45) is 5.92 Å². The van der Waals surface area contributed by atoms with Crippen LogP contribution >= 0.6 is 0 Å². The van der Waals surface area contributed by atoms with Gasteiger partial charge in [0.25, 0.3) is 0 Å². The van der Waals surface area contributed by atoms with Crippen molar-refractivity contribution in [1.29, 1.82) is 0 Å². The molecule has 0 bridgehead atoms. The van der Waals surface area contributed by atoms with E-state index >= 15 is 0 Å². The van der Waals surface area contributed by atoms with Gasteiger partial charge in [0, 0.05) is 19.0 Å². The Morgan fingerprint density at radius 3 is 2.00 bits per heavy atom. The minimum Gasteiger partial charge on any atom is -0.349 e. The fourth-order valence-electron chi connectivity index (χ4n) is 4.35. The molecule has 1 N–H and O–H groups in total. The second-order valence-electron chi connectivity index (χ2n) is 8.49. The van der Waals surface area contributed by atoms with Gasteiger partial charge in [-0.3, -0.25) is 4.79 Å². The zero-order valence-corrected chi connectivity index (χ0v) is 19.5. The standard InChI is InChI=1S/C27H30N2O3S/c30-27(24-18-20-29(21-19-24)33(31,32)25-14-8-3-9-15-25)28-26(23-12-6-2-7-13-23)17-16-22-10-4-1-5-11-22/h1-15,24,26H,16-21H2,(H,28,30). The number of aryl methyl sites for hydroxylation is 1. The Morgan fingerprint density at radius 1 is 0.848 bits per heavy atom. The molecular formula is C27H30N2O3S. The van der Waals surface area contributed by atoms with Crippen molar-refractivity contribution in [1.82, 2.24) is 9.62 Å². The third-order valence-electron chi connectivity index (χ3n) is 6.29. The number of carbonyl (C=O) groups excluding carboxylic acids is 1. The Bertz CT molecular complexity index is 1130. The quantitative estimate of drug-likeness (QED) is 0.533. The Balaban J connectivity index is 1.38. The van der Waals surface area contributed by atoms with Gasteiger partial charge in [-0.25, -0.2) is 8.42 Å². The summed E-state index contributed by atoms with van der Waals surface area (Å²) >= 11 is 0. The van der Waals surface area contributed by atoms with Gasteiger partial charge in [-0.2, -0.15) is 4.31 Å². The lowest BCUT2D eigenvalue weighted by Crippen LogP contribution is -2.43. The monoisotopic (exact) mass is 462 g/mol. The molecule has 1 amide bonds. The summed E-state index contributed by atoms with van der Waals surface area (Å²) in [5.41, 5.74) is 2.33. The van der Waals surface area contributed by atoms with Crippen LogP contribution in [0.3, 0.4) is 0 Å². The molecule has 0 aliphatic carbocycles. The topological polar surface area (TPSA) is 66.5 Å². The number of nitrogens with zero attached hydrogens (tertiary/aromatic N) is 1. The molecule has 0 spiro atoms. The Morgan fingerprint density at radius 2 is 1.39 bits per heavy atom. The average Bonchev–Trinajstić information content (AvgIpc) is 2.88. The fraction of sp³-hybridized carbons (Fsp3) is 0.296. The maximum absolute atomic E-state index is 13.1. The van der Waals surface area contributed by atoms with Gasteiger partial charge >= 0.3 is 0 Å². The highest BCUT2D eigenvalue weighted by molar-refractivity contribution is 7.89. The van der Waals surface area contributed by atoms with E-state index in [0.29, 0.717) is 30.8 Å². The maximum atomic E-state index is 13.1. The molecule has 0 saturated carbocycles. The molecule has 1 atom stereocenters. The van der Waals surface area contributed by atoms with Crippen LogP contribution in [0.2, 0.25) is 0 Å². The summed E-state index contributed by atoms with van der Waals surface area (Å²) in [7, 11) is -3.51. The molecule has 33 heavy (non-hydrogen) atoms. The lowest BCUT2D eigenvalue weighted by atomic mass is 9.94. The van der Waals surface area contributed by atoms with Crippen LogP contribution in [-0.2, 0) is 21.2 Å². The van der Waals surface area contributed by atoms with Crippen molar-refractivity contribution in [2.45, 2.75) is 36.6 Å². The number of amides is 1. The third-order valence-corrected chi connectivity index (χ3v) is 8.20. The van der Waals surface area contributed by atoms with Crippen LogP contribution in [0.25, 0.3) is 0 Å². The summed E-state index contributed by atoms with van der Waals surface area (Å²) in [6, 6.07) is 28.7. The minimum atomic E-state index is -3.51. The second-order valence-corrected chi connectivity index (χ2v) is 10.4. The van der Waals surface area contributed by atoms with Crippen LogP contribution in [-0.4, -0.2) is 31.7 Å². The van der Waals surface area contributed by atoms with E-state index < -0.39 is 10.0 Å². The summed E-state index contributed by atoms with van der Waals surface area (Å²) in [5.74, 6) is -0.177. The number of rotatable bonds is 8. The lowest BCUT2D eigenvalue weighted by molar-refractivity contribution is -0.127. The number of carbonyl (C=O) groups is 1. The van der Waals surface area contributed by atoms with Crippen molar-refractivity contribution in [3.8, 4) is 0 Å². The van der Waals surface area contributed by atoms with Crippen molar-refractivity contribution in [3.05, 3.63) is 102 Å². The lowest BCUT2D eigenvalue weighted by Gasteiger charge is -2.31. The first-order valence-electron chi connectivity index (χ1n) is 11.5. The first-order chi connectivity index (χ1) is 16.0. The predicted molar refractivity (Wildman–Crippen MR) is 130 cm³/mol. The predicted octanol–water partition coefficient (Wildman–Crippen LogP) is 4.58. The molecule has 1 heterocycles. The van der Waals surface area contributed by atoms with Gasteiger partial charge in [0.1, 0.15) is 0 Å². The molecule has 0 radical (unpaired) electrons. The molecule has 1 aliphatic heterocycles. The molecule has 3 aromatic rings. The molecule has 1 unspecified atom stereocenters. The Hall–Kier alpha value is -2.96. The first-order valence-corrected chi connectivity index (χ1v) is 12.9. The highest BCUT2D eigenvalue weighted by Gasteiger charge is 2.32. The van der Waals surface area contributed by atoms with Crippen LogP contribution in [0.5, 0.6) is 0 Å². The normalized spacial score (nSPS) is 16.2. The van der Waals surface area contributed by atoms with E-state index in [9.17, 15) is 13.2 Å². The van der Waals surface area contributed by atoms with Crippen LogP contribution in [0, 0.1) is 5.92 Å². The molecule has 6 heteroatoms. The average molecular weight is 463 g/mol. The van der Waals surface area contributed by atoms with Crippen molar-refractivity contribution >= 4 is 15.9 Å². The van der Waals surface area contributed by atoms with Gasteiger partial charge in [-0.05, 0) is 48.9 Å². The van der Waals surface area contributed by atoms with E-state index in [1.807, 2.05) is 48.5 Å². The third kappa shape index (κ3) is 5.89. The van der Waals surface area contributed by atoms with Crippen molar-refractivity contribution < 1.29 is 13.2 Å². The smallest absolute Gasteiger partial charge is 0.243 e. The highest BCUT2D eigenvalue weighted by atomic mass is 32.2. The molecule has 4 rings (SSSR count). The van der Waals surface area contributed by atoms with Gasteiger partial charge in [0.05, 0.1) is 10.9 Å². The number of hydrogen-bond acceptors (Lipinski definition) is 3. The Kier molecular flexibility index (Phi) is 7.57. The van der Waals surface area contributed by atoms with E-state index in [-0.39, 0.29) is 17.9 Å².